The Bertz CT molecular complexity index is 1300. The molecule has 0 aliphatic carbocycles. The Labute approximate surface area is 202 Å². The van der Waals surface area contributed by atoms with Crippen molar-refractivity contribution in [1.29, 1.82) is 0 Å². The second-order valence-electron chi connectivity index (χ2n) is 8.61. The molecule has 0 bridgehead atoms. The highest BCUT2D eigenvalue weighted by Crippen LogP contribution is 2.34. The number of hydrogen-bond acceptors (Lipinski definition) is 5. The number of nitrogens with one attached hydrogen (secondary N) is 1. The lowest BCUT2D eigenvalue weighted by atomic mass is 9.97. The minimum atomic E-state index is -0.0559. The summed E-state index contributed by atoms with van der Waals surface area (Å²) in [6, 6.07) is 15.9. The summed E-state index contributed by atoms with van der Waals surface area (Å²) in [4.78, 5) is 20.1. The molecule has 1 amide bonds. The normalized spacial score (nSPS) is 16.3. The molecule has 2 aromatic carbocycles. The Hall–Kier alpha value is -2.90. The van der Waals surface area contributed by atoms with E-state index in [1.54, 1.807) is 11.3 Å². The van der Waals surface area contributed by atoms with Crippen molar-refractivity contribution >= 4 is 44.3 Å². The van der Waals surface area contributed by atoms with Crippen molar-refractivity contribution in [1.82, 2.24) is 20.1 Å². The molecular formula is C25H26ClN5OS. The summed E-state index contributed by atoms with van der Waals surface area (Å²) in [5.41, 5.74) is 5.08. The highest BCUT2D eigenvalue weighted by Gasteiger charge is 2.28. The maximum absolute atomic E-state index is 12.9. The number of amides is 1. The zero-order valence-corrected chi connectivity index (χ0v) is 20.3. The SMILES string of the molecule is Cc1ccc(-n2nc(C)c3sc(N4CCCC(C(=O)NCc5cccc(Cl)c5)C4)nc32)cc1. The third-order valence-corrected chi connectivity index (χ3v) is 7.52. The highest BCUT2D eigenvalue weighted by molar-refractivity contribution is 7.22. The van der Waals surface area contributed by atoms with Gasteiger partial charge in [0.25, 0.3) is 0 Å². The third-order valence-electron chi connectivity index (χ3n) is 6.07. The van der Waals surface area contributed by atoms with Gasteiger partial charge < -0.3 is 10.2 Å². The molecule has 6 nitrogen and oxygen atoms in total. The van der Waals surface area contributed by atoms with E-state index in [2.05, 4.69) is 41.4 Å². The smallest absolute Gasteiger partial charge is 0.225 e. The average Bonchev–Trinajstić information content (AvgIpc) is 3.39. The lowest BCUT2D eigenvalue weighted by Crippen LogP contribution is -2.43. The number of rotatable bonds is 5. The van der Waals surface area contributed by atoms with Gasteiger partial charge >= 0.3 is 0 Å². The third kappa shape index (κ3) is 4.61. The van der Waals surface area contributed by atoms with E-state index >= 15 is 0 Å². The number of aromatic nitrogens is 3. The number of halogens is 1. The minimum Gasteiger partial charge on any atom is -0.352 e. The van der Waals surface area contributed by atoms with Crippen LogP contribution in [0, 0.1) is 19.8 Å². The van der Waals surface area contributed by atoms with Crippen molar-refractivity contribution in [3.8, 4) is 5.69 Å². The van der Waals surface area contributed by atoms with E-state index < -0.39 is 0 Å². The van der Waals surface area contributed by atoms with E-state index in [0.29, 0.717) is 18.1 Å². The van der Waals surface area contributed by atoms with Crippen LogP contribution in [0.2, 0.25) is 5.02 Å². The van der Waals surface area contributed by atoms with Crippen molar-refractivity contribution in [2.75, 3.05) is 18.0 Å². The standard InChI is InChI=1S/C25H26ClN5OS/c1-16-8-10-21(11-9-16)31-23-22(17(2)29-31)33-25(28-23)30-12-4-6-19(15-30)24(32)27-14-18-5-3-7-20(26)13-18/h3,5,7-11,13,19H,4,6,12,14-15H2,1-2H3,(H,27,32). The molecule has 1 N–H and O–H groups in total. The molecule has 5 rings (SSSR count). The van der Waals surface area contributed by atoms with Gasteiger partial charge in [-0.1, -0.05) is 52.8 Å². The summed E-state index contributed by atoms with van der Waals surface area (Å²) >= 11 is 7.72. The number of hydrogen-bond donors (Lipinski definition) is 1. The van der Waals surface area contributed by atoms with Crippen molar-refractivity contribution in [2.45, 2.75) is 33.2 Å². The van der Waals surface area contributed by atoms with E-state index in [4.69, 9.17) is 21.7 Å². The fourth-order valence-corrected chi connectivity index (χ4v) is 5.50. The zero-order valence-electron chi connectivity index (χ0n) is 18.7. The second-order valence-corrected chi connectivity index (χ2v) is 10.0. The quantitative estimate of drug-likeness (QED) is 0.422. The number of piperidine rings is 1. The van der Waals surface area contributed by atoms with E-state index in [9.17, 15) is 4.79 Å². The van der Waals surface area contributed by atoms with Crippen LogP contribution in [0.15, 0.2) is 48.5 Å². The first kappa shape index (κ1) is 21.9. The van der Waals surface area contributed by atoms with E-state index in [1.165, 1.54) is 5.56 Å². The molecule has 0 radical (unpaired) electrons. The molecule has 8 heteroatoms. The van der Waals surface area contributed by atoms with Crippen LogP contribution in [-0.2, 0) is 11.3 Å². The van der Waals surface area contributed by atoms with Crippen LogP contribution in [0.3, 0.4) is 0 Å². The Morgan fingerprint density at radius 1 is 1.21 bits per heavy atom. The molecule has 0 spiro atoms. The maximum atomic E-state index is 12.9. The minimum absolute atomic E-state index is 0.0559. The van der Waals surface area contributed by atoms with Crippen molar-refractivity contribution in [3.05, 3.63) is 70.4 Å². The summed E-state index contributed by atoms with van der Waals surface area (Å²) in [6.45, 7) is 6.17. The summed E-state index contributed by atoms with van der Waals surface area (Å²) in [5.74, 6) is 0.0300. The topological polar surface area (TPSA) is 63.1 Å². The van der Waals surface area contributed by atoms with Crippen LogP contribution in [0.25, 0.3) is 16.0 Å². The predicted molar refractivity (Wildman–Crippen MR) is 134 cm³/mol. The fourth-order valence-electron chi connectivity index (χ4n) is 4.27. The monoisotopic (exact) mass is 479 g/mol. The first-order chi connectivity index (χ1) is 16.0. The number of carbonyl (C=O) groups excluding carboxylic acids is 1. The summed E-state index contributed by atoms with van der Waals surface area (Å²) < 4.78 is 3.02. The van der Waals surface area contributed by atoms with Gasteiger partial charge in [0, 0.05) is 24.7 Å². The van der Waals surface area contributed by atoms with Gasteiger partial charge in [0.1, 0.15) is 0 Å². The molecule has 2 aromatic heterocycles. The van der Waals surface area contributed by atoms with Gasteiger partial charge in [-0.25, -0.2) is 4.68 Å². The Balaban J connectivity index is 1.32. The molecule has 1 atom stereocenters. The Kier molecular flexibility index (Phi) is 6.08. The average molecular weight is 480 g/mol. The first-order valence-electron chi connectivity index (χ1n) is 11.2. The molecule has 1 aliphatic rings. The predicted octanol–water partition coefficient (Wildman–Crippen LogP) is 5.29. The molecule has 0 saturated carbocycles. The summed E-state index contributed by atoms with van der Waals surface area (Å²) in [6.07, 6.45) is 1.85. The maximum Gasteiger partial charge on any atom is 0.225 e. The van der Waals surface area contributed by atoms with Gasteiger partial charge in [-0.05, 0) is 56.5 Å². The second kappa shape index (κ2) is 9.15. The largest absolute Gasteiger partial charge is 0.352 e. The molecule has 1 fully saturated rings. The van der Waals surface area contributed by atoms with E-state index in [-0.39, 0.29) is 11.8 Å². The summed E-state index contributed by atoms with van der Waals surface area (Å²) in [7, 11) is 0. The van der Waals surface area contributed by atoms with Crippen LogP contribution >= 0.6 is 22.9 Å². The van der Waals surface area contributed by atoms with Crippen molar-refractivity contribution < 1.29 is 4.79 Å². The number of anilines is 1. The van der Waals surface area contributed by atoms with Crippen LogP contribution in [0.1, 0.15) is 29.7 Å². The van der Waals surface area contributed by atoms with Crippen molar-refractivity contribution in [3.63, 3.8) is 0 Å². The lowest BCUT2D eigenvalue weighted by Gasteiger charge is -2.31. The molecule has 1 unspecified atom stereocenters. The first-order valence-corrected chi connectivity index (χ1v) is 12.4. The highest BCUT2D eigenvalue weighted by atomic mass is 35.5. The fraction of sp³-hybridized carbons (Fsp3) is 0.320. The number of thiazole rings is 1. The molecule has 4 aromatic rings. The zero-order chi connectivity index (χ0) is 22.9. The molecule has 1 saturated heterocycles. The van der Waals surface area contributed by atoms with Gasteiger partial charge in [-0.15, -0.1) is 0 Å². The molecule has 1 aliphatic heterocycles. The van der Waals surface area contributed by atoms with E-state index in [0.717, 1.165) is 51.8 Å². The van der Waals surface area contributed by atoms with Gasteiger partial charge in [0.15, 0.2) is 10.8 Å². The van der Waals surface area contributed by atoms with E-state index in [1.807, 2.05) is 35.9 Å². The number of aryl methyl sites for hydroxylation is 2. The lowest BCUT2D eigenvalue weighted by molar-refractivity contribution is -0.125. The van der Waals surface area contributed by atoms with Crippen LogP contribution < -0.4 is 10.2 Å². The number of benzene rings is 2. The number of nitrogens with zero attached hydrogens (tertiary/aromatic N) is 4. The van der Waals surface area contributed by atoms with Crippen molar-refractivity contribution in [2.24, 2.45) is 5.92 Å². The molecule has 3 heterocycles. The van der Waals surface area contributed by atoms with Gasteiger partial charge in [0.2, 0.25) is 5.91 Å². The Morgan fingerprint density at radius 2 is 2.03 bits per heavy atom. The van der Waals surface area contributed by atoms with Gasteiger partial charge in [-0.3, -0.25) is 4.79 Å². The van der Waals surface area contributed by atoms with Gasteiger partial charge in [0.05, 0.1) is 22.0 Å². The molecular weight excluding hydrogens is 454 g/mol. The summed E-state index contributed by atoms with van der Waals surface area (Å²) in [5, 5.41) is 9.43. The van der Waals surface area contributed by atoms with Gasteiger partial charge in [-0.2, -0.15) is 10.1 Å². The van der Waals surface area contributed by atoms with Crippen LogP contribution in [0.4, 0.5) is 5.13 Å². The molecule has 33 heavy (non-hydrogen) atoms. The van der Waals surface area contributed by atoms with Crippen LogP contribution in [0.5, 0.6) is 0 Å². The van der Waals surface area contributed by atoms with Crippen LogP contribution in [-0.4, -0.2) is 33.8 Å². The number of carbonyl (C=O) groups is 1. The Morgan fingerprint density at radius 3 is 2.82 bits per heavy atom. The number of fused-ring (bicyclic) bond motifs is 1. The molecule has 170 valence electrons.